The molecular formula is C20H21N3O7. The van der Waals surface area contributed by atoms with Gasteiger partial charge in [0.2, 0.25) is 5.91 Å². The lowest BCUT2D eigenvalue weighted by molar-refractivity contribution is -0.402. The molecule has 10 heteroatoms. The Morgan fingerprint density at radius 1 is 1.10 bits per heavy atom. The predicted molar refractivity (Wildman–Crippen MR) is 103 cm³/mol. The van der Waals surface area contributed by atoms with Crippen LogP contribution in [0.3, 0.4) is 0 Å². The molecule has 1 saturated heterocycles. The number of benzene rings is 1. The van der Waals surface area contributed by atoms with E-state index in [1.54, 1.807) is 19.1 Å². The molecule has 4 rings (SSSR count). The summed E-state index contributed by atoms with van der Waals surface area (Å²) in [5.41, 5.74) is 2.14. The standard InChI is InChI=1S/C20H21N3O7/c1-28-16-7-12-5-6-21(9-13(12)8-17(16)29-2)19(24)14-10-22(11-14)20(25)15-3-4-18(30-15)23(26)27/h3-4,7-8,14H,5-6,9-11H2,1-2H3. The van der Waals surface area contributed by atoms with Gasteiger partial charge in [0, 0.05) is 26.2 Å². The molecule has 2 aliphatic heterocycles. The van der Waals surface area contributed by atoms with Crippen molar-refractivity contribution in [3.8, 4) is 11.5 Å². The van der Waals surface area contributed by atoms with Crippen LogP contribution in [-0.2, 0) is 17.8 Å². The molecule has 0 saturated carbocycles. The van der Waals surface area contributed by atoms with Crippen LogP contribution in [0.25, 0.3) is 0 Å². The van der Waals surface area contributed by atoms with E-state index in [0.717, 1.165) is 17.2 Å². The Kier molecular flexibility index (Phi) is 5.06. The Hall–Kier alpha value is -3.56. The summed E-state index contributed by atoms with van der Waals surface area (Å²) in [6.07, 6.45) is 0.715. The molecule has 2 aromatic rings. The average Bonchev–Trinajstić information content (AvgIpc) is 3.21. The summed E-state index contributed by atoms with van der Waals surface area (Å²) >= 11 is 0. The number of carbonyl (C=O) groups excluding carboxylic acids is 2. The van der Waals surface area contributed by atoms with Crippen LogP contribution in [0.5, 0.6) is 11.5 Å². The van der Waals surface area contributed by atoms with Crippen LogP contribution in [0.15, 0.2) is 28.7 Å². The Morgan fingerprint density at radius 3 is 2.37 bits per heavy atom. The van der Waals surface area contributed by atoms with Gasteiger partial charge in [-0.05, 0) is 35.7 Å². The molecule has 0 N–H and O–H groups in total. The number of furan rings is 1. The normalized spacial score (nSPS) is 15.9. The second-order valence-electron chi connectivity index (χ2n) is 7.29. The molecule has 10 nitrogen and oxygen atoms in total. The summed E-state index contributed by atoms with van der Waals surface area (Å²) in [4.78, 5) is 38.5. The van der Waals surface area contributed by atoms with E-state index in [-0.39, 0.29) is 30.7 Å². The highest BCUT2D eigenvalue weighted by Crippen LogP contribution is 2.34. The molecule has 3 heterocycles. The molecule has 2 amide bonds. The summed E-state index contributed by atoms with van der Waals surface area (Å²) in [5, 5.41) is 10.7. The molecule has 2 aliphatic rings. The SMILES string of the molecule is COc1cc2c(cc1OC)CN(C(=O)C1CN(C(=O)c3ccc([N+](=O)[O-])o3)C1)CC2. The van der Waals surface area contributed by atoms with Crippen LogP contribution in [0.2, 0.25) is 0 Å². The third-order valence-corrected chi connectivity index (χ3v) is 5.53. The van der Waals surface area contributed by atoms with Crippen LogP contribution in [-0.4, -0.2) is 60.4 Å². The minimum Gasteiger partial charge on any atom is -0.493 e. The van der Waals surface area contributed by atoms with Crippen molar-refractivity contribution >= 4 is 17.7 Å². The summed E-state index contributed by atoms with van der Waals surface area (Å²) in [7, 11) is 3.16. The number of fused-ring (bicyclic) bond motifs is 1. The maximum atomic E-state index is 12.9. The first-order chi connectivity index (χ1) is 14.4. The molecule has 0 radical (unpaired) electrons. The zero-order valence-electron chi connectivity index (χ0n) is 16.6. The highest BCUT2D eigenvalue weighted by molar-refractivity contribution is 5.94. The highest BCUT2D eigenvalue weighted by atomic mass is 16.6. The van der Waals surface area contributed by atoms with Crippen LogP contribution in [0, 0.1) is 16.0 Å². The quantitative estimate of drug-likeness (QED) is 0.541. The van der Waals surface area contributed by atoms with Crippen molar-refractivity contribution in [2.75, 3.05) is 33.9 Å². The van der Waals surface area contributed by atoms with E-state index in [1.807, 2.05) is 12.1 Å². The van der Waals surface area contributed by atoms with Crippen molar-refractivity contribution in [3.63, 3.8) is 0 Å². The van der Waals surface area contributed by atoms with Crippen LogP contribution >= 0.6 is 0 Å². The summed E-state index contributed by atoms with van der Waals surface area (Å²) in [6, 6.07) is 6.26. The number of hydrogen-bond donors (Lipinski definition) is 0. The van der Waals surface area contributed by atoms with E-state index in [4.69, 9.17) is 13.9 Å². The fourth-order valence-electron chi connectivity index (χ4n) is 3.83. The van der Waals surface area contributed by atoms with E-state index >= 15 is 0 Å². The number of hydrogen-bond acceptors (Lipinski definition) is 7. The van der Waals surface area contributed by atoms with Crippen molar-refractivity contribution in [3.05, 3.63) is 51.3 Å². The average molecular weight is 415 g/mol. The van der Waals surface area contributed by atoms with E-state index < -0.39 is 16.7 Å². The van der Waals surface area contributed by atoms with Crippen molar-refractivity contribution in [2.45, 2.75) is 13.0 Å². The van der Waals surface area contributed by atoms with E-state index in [9.17, 15) is 19.7 Å². The van der Waals surface area contributed by atoms with Gasteiger partial charge < -0.3 is 23.7 Å². The van der Waals surface area contributed by atoms with Gasteiger partial charge in [0.05, 0.1) is 26.2 Å². The van der Waals surface area contributed by atoms with E-state index in [1.165, 1.54) is 11.0 Å². The molecule has 0 aliphatic carbocycles. The smallest absolute Gasteiger partial charge is 0.433 e. The second kappa shape index (κ2) is 7.69. The van der Waals surface area contributed by atoms with Gasteiger partial charge in [0.15, 0.2) is 17.3 Å². The Morgan fingerprint density at radius 2 is 1.77 bits per heavy atom. The summed E-state index contributed by atoms with van der Waals surface area (Å²) < 4.78 is 15.6. The maximum absolute atomic E-state index is 12.9. The van der Waals surface area contributed by atoms with Gasteiger partial charge in [-0.3, -0.25) is 19.7 Å². The molecule has 0 unspecified atom stereocenters. The van der Waals surface area contributed by atoms with Crippen molar-refractivity contribution in [1.82, 2.24) is 9.80 Å². The van der Waals surface area contributed by atoms with Crippen LogP contribution in [0.4, 0.5) is 5.88 Å². The molecule has 30 heavy (non-hydrogen) atoms. The largest absolute Gasteiger partial charge is 0.493 e. The molecular weight excluding hydrogens is 394 g/mol. The highest BCUT2D eigenvalue weighted by Gasteiger charge is 2.40. The topological polar surface area (TPSA) is 115 Å². The molecule has 1 fully saturated rings. The van der Waals surface area contributed by atoms with Crippen molar-refractivity contribution in [2.24, 2.45) is 5.92 Å². The zero-order chi connectivity index (χ0) is 21.4. The van der Waals surface area contributed by atoms with E-state index in [0.29, 0.717) is 31.0 Å². The number of nitrogens with zero attached hydrogens (tertiary/aromatic N) is 3. The number of carbonyl (C=O) groups is 2. The maximum Gasteiger partial charge on any atom is 0.433 e. The number of likely N-dealkylation sites (tertiary alicyclic amines) is 1. The number of amides is 2. The zero-order valence-corrected chi connectivity index (χ0v) is 16.6. The Balaban J connectivity index is 1.37. The minimum atomic E-state index is -0.696. The molecule has 1 aromatic heterocycles. The minimum absolute atomic E-state index is 0.00934. The Bertz CT molecular complexity index is 1010. The first-order valence-electron chi connectivity index (χ1n) is 9.47. The van der Waals surface area contributed by atoms with Crippen molar-refractivity contribution < 1.29 is 28.4 Å². The van der Waals surface area contributed by atoms with Crippen LogP contribution < -0.4 is 9.47 Å². The van der Waals surface area contributed by atoms with Gasteiger partial charge in [0.25, 0.3) is 5.91 Å². The fraction of sp³-hybridized carbons (Fsp3) is 0.400. The first kappa shape index (κ1) is 19.7. The lowest BCUT2D eigenvalue weighted by Crippen LogP contribution is -2.56. The molecule has 1 aromatic carbocycles. The third-order valence-electron chi connectivity index (χ3n) is 5.53. The van der Waals surface area contributed by atoms with Gasteiger partial charge in [-0.15, -0.1) is 0 Å². The van der Waals surface area contributed by atoms with Crippen LogP contribution in [0.1, 0.15) is 21.7 Å². The fourth-order valence-corrected chi connectivity index (χ4v) is 3.83. The number of nitro groups is 1. The van der Waals surface area contributed by atoms with Gasteiger partial charge >= 0.3 is 5.88 Å². The third kappa shape index (κ3) is 3.44. The molecule has 0 bridgehead atoms. The van der Waals surface area contributed by atoms with Gasteiger partial charge in [-0.1, -0.05) is 0 Å². The van der Waals surface area contributed by atoms with Gasteiger partial charge in [0.1, 0.15) is 4.92 Å². The number of ether oxygens (including phenoxy) is 2. The summed E-state index contributed by atoms with van der Waals surface area (Å²) in [6.45, 7) is 1.60. The molecule has 0 atom stereocenters. The summed E-state index contributed by atoms with van der Waals surface area (Å²) in [5.74, 6) is -0.0367. The second-order valence-corrected chi connectivity index (χ2v) is 7.29. The molecule has 0 spiro atoms. The van der Waals surface area contributed by atoms with Gasteiger partial charge in [-0.2, -0.15) is 0 Å². The lowest BCUT2D eigenvalue weighted by atomic mass is 9.94. The lowest BCUT2D eigenvalue weighted by Gasteiger charge is -2.41. The van der Waals surface area contributed by atoms with Gasteiger partial charge in [-0.25, -0.2) is 0 Å². The number of rotatable bonds is 5. The monoisotopic (exact) mass is 415 g/mol. The predicted octanol–water partition coefficient (Wildman–Crippen LogP) is 1.86. The first-order valence-corrected chi connectivity index (χ1v) is 9.47. The number of methoxy groups -OCH3 is 2. The van der Waals surface area contributed by atoms with Crippen molar-refractivity contribution in [1.29, 1.82) is 0 Å². The molecule has 158 valence electrons. The Labute approximate surface area is 172 Å². The van der Waals surface area contributed by atoms with E-state index in [2.05, 4.69) is 0 Å².